The van der Waals surface area contributed by atoms with E-state index in [0.29, 0.717) is 29.6 Å². The minimum atomic E-state index is -0.0484. The molecule has 2 heterocycles. The van der Waals surface area contributed by atoms with E-state index in [1.807, 2.05) is 30.3 Å². The van der Waals surface area contributed by atoms with Crippen LogP contribution in [0.5, 0.6) is 5.88 Å². The van der Waals surface area contributed by atoms with Gasteiger partial charge >= 0.3 is 0 Å². The number of pyridine rings is 1. The van der Waals surface area contributed by atoms with Gasteiger partial charge in [0.15, 0.2) is 0 Å². The second-order valence-electron chi connectivity index (χ2n) is 4.93. The molecule has 1 aliphatic heterocycles. The molecule has 1 fully saturated rings. The Bertz CT molecular complexity index is 633. The Morgan fingerprint density at radius 1 is 1.24 bits per heavy atom. The number of hydrogen-bond donors (Lipinski definition) is 0. The molecule has 1 atom stereocenters. The van der Waals surface area contributed by atoms with Gasteiger partial charge in [-0.25, -0.2) is 4.98 Å². The number of nitrogens with zero attached hydrogens (tertiary/aromatic N) is 2. The summed E-state index contributed by atoms with van der Waals surface area (Å²) in [5.74, 6) is 0.544. The largest absolute Gasteiger partial charge is 0.472 e. The number of amides is 1. The molecule has 1 aromatic heterocycles. The highest BCUT2D eigenvalue weighted by Crippen LogP contribution is 2.21. The Kier molecular flexibility index (Phi) is 4.06. The van der Waals surface area contributed by atoms with Crippen LogP contribution in [-0.4, -0.2) is 35.0 Å². The maximum Gasteiger partial charge on any atom is 0.255 e. The number of benzene rings is 1. The number of carbonyl (C=O) groups excluding carboxylic acids is 1. The first-order valence-corrected chi connectivity index (χ1v) is 7.23. The van der Waals surface area contributed by atoms with E-state index in [-0.39, 0.29) is 12.0 Å². The average molecular weight is 303 g/mol. The molecule has 4 nitrogen and oxygen atoms in total. The van der Waals surface area contributed by atoms with Crippen molar-refractivity contribution >= 4 is 17.5 Å². The first kappa shape index (κ1) is 13.9. The van der Waals surface area contributed by atoms with Crippen molar-refractivity contribution in [3.8, 4) is 5.88 Å². The van der Waals surface area contributed by atoms with Gasteiger partial charge in [-0.05, 0) is 18.2 Å². The van der Waals surface area contributed by atoms with Crippen molar-refractivity contribution in [2.24, 2.45) is 0 Å². The maximum absolute atomic E-state index is 12.4. The first-order valence-electron chi connectivity index (χ1n) is 6.85. The van der Waals surface area contributed by atoms with E-state index in [9.17, 15) is 4.79 Å². The van der Waals surface area contributed by atoms with E-state index in [0.717, 1.165) is 6.42 Å². The number of hydrogen-bond acceptors (Lipinski definition) is 3. The van der Waals surface area contributed by atoms with E-state index in [2.05, 4.69) is 4.98 Å². The summed E-state index contributed by atoms with van der Waals surface area (Å²) in [6, 6.07) is 12.6. The van der Waals surface area contributed by atoms with Crippen molar-refractivity contribution in [3.05, 3.63) is 59.2 Å². The molecule has 5 heteroatoms. The molecule has 0 spiro atoms. The topological polar surface area (TPSA) is 42.4 Å². The normalized spacial score (nSPS) is 17.8. The van der Waals surface area contributed by atoms with Crippen LogP contribution in [-0.2, 0) is 0 Å². The minimum absolute atomic E-state index is 0.0219. The second kappa shape index (κ2) is 6.14. The predicted octanol–water partition coefficient (Wildman–Crippen LogP) is 3.03. The van der Waals surface area contributed by atoms with Crippen LogP contribution >= 0.6 is 11.6 Å². The van der Waals surface area contributed by atoms with Crippen LogP contribution in [0.4, 0.5) is 0 Å². The highest BCUT2D eigenvalue weighted by atomic mass is 35.5. The highest BCUT2D eigenvalue weighted by Gasteiger charge is 2.29. The summed E-state index contributed by atoms with van der Waals surface area (Å²) in [6.45, 7) is 1.22. The van der Waals surface area contributed by atoms with Gasteiger partial charge in [0.25, 0.3) is 5.91 Å². The molecule has 1 amide bonds. The van der Waals surface area contributed by atoms with Gasteiger partial charge in [-0.3, -0.25) is 4.79 Å². The molecule has 0 radical (unpaired) electrons. The molecule has 0 N–H and O–H groups in total. The van der Waals surface area contributed by atoms with E-state index < -0.39 is 0 Å². The number of rotatable bonds is 3. The lowest BCUT2D eigenvalue weighted by Gasteiger charge is -2.17. The van der Waals surface area contributed by atoms with Crippen LogP contribution in [0.3, 0.4) is 0 Å². The van der Waals surface area contributed by atoms with Gasteiger partial charge in [0, 0.05) is 25.2 Å². The number of ether oxygens (including phenoxy) is 1. The number of likely N-dealkylation sites (tertiary alicyclic amines) is 1. The van der Waals surface area contributed by atoms with E-state index in [1.165, 1.54) is 0 Å². The average Bonchev–Trinajstić information content (AvgIpc) is 2.97. The molecular formula is C16H15ClN2O2. The van der Waals surface area contributed by atoms with Gasteiger partial charge in [0.2, 0.25) is 5.88 Å². The Morgan fingerprint density at radius 2 is 2.05 bits per heavy atom. The summed E-state index contributed by atoms with van der Waals surface area (Å²) >= 11 is 6.07. The van der Waals surface area contributed by atoms with Gasteiger partial charge in [-0.15, -0.1) is 0 Å². The second-order valence-corrected chi connectivity index (χ2v) is 5.33. The zero-order valence-electron chi connectivity index (χ0n) is 11.4. The van der Waals surface area contributed by atoms with Crippen LogP contribution in [0.2, 0.25) is 5.02 Å². The summed E-state index contributed by atoms with van der Waals surface area (Å²) in [5, 5.41) is 0.483. The Labute approximate surface area is 128 Å². The lowest BCUT2D eigenvalue weighted by atomic mass is 10.2. The smallest absolute Gasteiger partial charge is 0.255 e. The molecule has 2 aromatic rings. The number of aromatic nitrogens is 1. The lowest BCUT2D eigenvalue weighted by Crippen LogP contribution is -2.31. The van der Waals surface area contributed by atoms with Crippen LogP contribution in [0.25, 0.3) is 0 Å². The molecule has 0 aliphatic carbocycles. The molecule has 1 aliphatic rings. The van der Waals surface area contributed by atoms with E-state index in [1.54, 1.807) is 23.2 Å². The van der Waals surface area contributed by atoms with Crippen molar-refractivity contribution in [2.45, 2.75) is 12.5 Å². The van der Waals surface area contributed by atoms with E-state index in [4.69, 9.17) is 16.3 Å². The molecule has 0 bridgehead atoms. The van der Waals surface area contributed by atoms with Gasteiger partial charge in [-0.1, -0.05) is 29.8 Å². The molecule has 1 unspecified atom stereocenters. The summed E-state index contributed by atoms with van der Waals surface area (Å²) in [7, 11) is 0. The molecule has 0 saturated carbocycles. The Balaban J connectivity index is 1.65. The van der Waals surface area contributed by atoms with Gasteiger partial charge in [0.1, 0.15) is 6.10 Å². The SMILES string of the molecule is O=C(c1ccccc1Cl)N1CCC(Oc2ccccn2)C1. The molecule has 21 heavy (non-hydrogen) atoms. The van der Waals surface area contributed by atoms with E-state index >= 15 is 0 Å². The fraction of sp³-hybridized carbons (Fsp3) is 0.250. The van der Waals surface area contributed by atoms with Crippen molar-refractivity contribution in [1.82, 2.24) is 9.88 Å². The van der Waals surface area contributed by atoms with Crippen molar-refractivity contribution in [1.29, 1.82) is 0 Å². The molecule has 3 rings (SSSR count). The monoisotopic (exact) mass is 302 g/mol. The molecule has 1 saturated heterocycles. The van der Waals surface area contributed by atoms with Crippen LogP contribution < -0.4 is 4.74 Å². The Hall–Kier alpha value is -2.07. The van der Waals surface area contributed by atoms with Crippen LogP contribution in [0, 0.1) is 0 Å². The molecule has 1 aromatic carbocycles. The van der Waals surface area contributed by atoms with Crippen molar-refractivity contribution < 1.29 is 9.53 Å². The standard InChI is InChI=1S/C16H15ClN2O2/c17-14-6-2-1-5-13(14)16(20)19-10-8-12(11-19)21-15-7-3-4-9-18-15/h1-7,9,12H,8,10-11H2. The number of halogens is 1. The third-order valence-electron chi connectivity index (χ3n) is 3.46. The van der Waals surface area contributed by atoms with Crippen molar-refractivity contribution in [3.63, 3.8) is 0 Å². The van der Waals surface area contributed by atoms with Gasteiger partial charge in [-0.2, -0.15) is 0 Å². The first-order chi connectivity index (χ1) is 10.2. The van der Waals surface area contributed by atoms with Gasteiger partial charge < -0.3 is 9.64 Å². The fourth-order valence-corrected chi connectivity index (χ4v) is 2.62. The summed E-state index contributed by atoms with van der Waals surface area (Å²) in [6.07, 6.45) is 2.47. The predicted molar refractivity (Wildman–Crippen MR) is 80.6 cm³/mol. The zero-order chi connectivity index (χ0) is 14.7. The fourth-order valence-electron chi connectivity index (χ4n) is 2.40. The molecular weight excluding hydrogens is 288 g/mol. The summed E-state index contributed by atoms with van der Waals surface area (Å²) < 4.78 is 5.78. The summed E-state index contributed by atoms with van der Waals surface area (Å²) in [5.41, 5.74) is 0.539. The maximum atomic E-state index is 12.4. The number of carbonyl (C=O) groups is 1. The lowest BCUT2D eigenvalue weighted by molar-refractivity contribution is 0.0771. The third kappa shape index (κ3) is 3.16. The highest BCUT2D eigenvalue weighted by molar-refractivity contribution is 6.33. The summed E-state index contributed by atoms with van der Waals surface area (Å²) in [4.78, 5) is 18.3. The van der Waals surface area contributed by atoms with Crippen molar-refractivity contribution in [2.75, 3.05) is 13.1 Å². The zero-order valence-corrected chi connectivity index (χ0v) is 12.2. The van der Waals surface area contributed by atoms with Crippen LogP contribution in [0.15, 0.2) is 48.7 Å². The van der Waals surface area contributed by atoms with Crippen LogP contribution in [0.1, 0.15) is 16.8 Å². The minimum Gasteiger partial charge on any atom is -0.472 e. The Morgan fingerprint density at radius 3 is 2.81 bits per heavy atom. The quantitative estimate of drug-likeness (QED) is 0.875. The third-order valence-corrected chi connectivity index (χ3v) is 3.79. The molecule has 108 valence electrons. The van der Waals surface area contributed by atoms with Gasteiger partial charge in [0.05, 0.1) is 17.1 Å².